The van der Waals surface area contributed by atoms with E-state index in [0.29, 0.717) is 17.6 Å². The van der Waals surface area contributed by atoms with Gasteiger partial charge in [0.15, 0.2) is 5.69 Å². The van der Waals surface area contributed by atoms with Crippen molar-refractivity contribution in [2.75, 3.05) is 18.9 Å². The lowest BCUT2D eigenvalue weighted by Gasteiger charge is -2.29. The van der Waals surface area contributed by atoms with Crippen molar-refractivity contribution < 1.29 is 9.53 Å². The molecule has 1 aromatic rings. The Labute approximate surface area is 81.2 Å². The number of nitrogens with one attached hydrogen (secondary N) is 1. The molecule has 1 aliphatic rings. The third-order valence-electron chi connectivity index (χ3n) is 2.55. The van der Waals surface area contributed by atoms with Gasteiger partial charge in [-0.15, -0.1) is 0 Å². The molecule has 6 heteroatoms. The molecular weight excluding hydrogens is 184 g/mol. The molecule has 1 saturated heterocycles. The molecule has 6 nitrogen and oxygen atoms in total. The largest absolute Gasteiger partial charge is 0.382 e. The lowest BCUT2D eigenvalue weighted by atomic mass is 10.1. The van der Waals surface area contributed by atoms with Gasteiger partial charge in [-0.25, -0.2) is 0 Å². The van der Waals surface area contributed by atoms with Crippen LogP contribution in [0.5, 0.6) is 0 Å². The second-order valence-corrected chi connectivity index (χ2v) is 3.45. The molecule has 1 fully saturated rings. The first kappa shape index (κ1) is 9.14. The number of nitrogens with zero attached hydrogens (tertiary/aromatic N) is 1. The molecule has 0 radical (unpaired) electrons. The predicted molar refractivity (Wildman–Crippen MR) is 50.8 cm³/mol. The van der Waals surface area contributed by atoms with Crippen LogP contribution in [0.3, 0.4) is 0 Å². The normalized spacial score (nSPS) is 18.6. The van der Waals surface area contributed by atoms with Crippen LogP contribution in [-0.4, -0.2) is 28.9 Å². The maximum atomic E-state index is 10.8. The Morgan fingerprint density at radius 2 is 2.14 bits per heavy atom. The highest BCUT2D eigenvalue weighted by molar-refractivity contribution is 5.95. The molecule has 5 N–H and O–H groups in total. The van der Waals surface area contributed by atoms with Gasteiger partial charge in [-0.2, -0.15) is 0 Å². The average Bonchev–Trinajstić information content (AvgIpc) is 2.17. The first-order chi connectivity index (χ1) is 6.70. The Morgan fingerprint density at radius 3 is 2.64 bits per heavy atom. The van der Waals surface area contributed by atoms with Gasteiger partial charge in [-0.05, 0) is 12.8 Å². The van der Waals surface area contributed by atoms with E-state index in [-0.39, 0.29) is 0 Å². The number of hydrogen-bond acceptors (Lipinski definition) is 3. The minimum absolute atomic E-state index is 0.312. The molecule has 0 aliphatic carbocycles. The summed E-state index contributed by atoms with van der Waals surface area (Å²) in [6.07, 6.45) is 1.83. The molecule has 78 valence electrons. The SMILES string of the molecule is NC(=O)c1[nH]n(C2CCOCC2)c1N. The fourth-order valence-corrected chi connectivity index (χ4v) is 1.72. The smallest absolute Gasteiger partial charge is 0.270 e. The number of nitrogens with two attached hydrogens (primary N) is 2. The van der Waals surface area contributed by atoms with Crippen LogP contribution in [0.25, 0.3) is 0 Å². The molecule has 0 unspecified atom stereocenters. The monoisotopic (exact) mass is 198 g/mol. The van der Waals surface area contributed by atoms with Crippen LogP contribution in [0, 0.1) is 0 Å². The van der Waals surface area contributed by atoms with Crippen molar-refractivity contribution in [2.24, 2.45) is 5.73 Å². The maximum Gasteiger partial charge on any atom is 0.270 e. The second-order valence-electron chi connectivity index (χ2n) is 3.45. The van der Waals surface area contributed by atoms with Crippen molar-refractivity contribution >= 4 is 11.7 Å². The van der Waals surface area contributed by atoms with E-state index in [1.807, 2.05) is 0 Å². The molecule has 0 bridgehead atoms. The van der Waals surface area contributed by atoms with Gasteiger partial charge in [-0.1, -0.05) is 0 Å². The van der Waals surface area contributed by atoms with E-state index >= 15 is 0 Å². The van der Waals surface area contributed by atoms with Crippen LogP contribution in [0.1, 0.15) is 29.4 Å². The number of nitrogen functional groups attached to an aromatic ring is 1. The van der Waals surface area contributed by atoms with Crippen LogP contribution in [0.2, 0.25) is 0 Å². The van der Waals surface area contributed by atoms with Gasteiger partial charge in [0, 0.05) is 13.2 Å². The number of ether oxygens (including phenoxy) is 1. The van der Waals surface area contributed by atoms with Crippen molar-refractivity contribution in [1.29, 1.82) is 0 Å². The third-order valence-corrected chi connectivity index (χ3v) is 2.55. The standard InChI is InChI=1S/C8H14N4O2/c9-7-6(8(10)13)11-12(7)5-1-3-14-4-2-5/h5,11H,1-4,9H2,(H2,10,13). The number of amides is 1. The van der Waals surface area contributed by atoms with Crippen molar-refractivity contribution in [3.8, 4) is 0 Å². The second kappa shape index (κ2) is 3.38. The van der Waals surface area contributed by atoms with Crippen LogP contribution in [-0.2, 0) is 4.74 Å². The van der Waals surface area contributed by atoms with Crippen LogP contribution in [0.4, 0.5) is 5.82 Å². The van der Waals surface area contributed by atoms with Gasteiger partial charge in [0.25, 0.3) is 5.91 Å². The highest BCUT2D eigenvalue weighted by Crippen LogP contribution is 2.25. The van der Waals surface area contributed by atoms with Crippen molar-refractivity contribution in [1.82, 2.24) is 9.78 Å². The number of hydrogen-bond donors (Lipinski definition) is 3. The summed E-state index contributed by atoms with van der Waals surface area (Å²) in [7, 11) is 0. The van der Waals surface area contributed by atoms with Gasteiger partial charge < -0.3 is 16.2 Å². The van der Waals surface area contributed by atoms with E-state index in [1.54, 1.807) is 4.68 Å². The van der Waals surface area contributed by atoms with Gasteiger partial charge in [0.2, 0.25) is 0 Å². The molecule has 1 aromatic heterocycles. The molecule has 2 heterocycles. The molecule has 0 spiro atoms. The number of aromatic amines is 1. The third kappa shape index (κ3) is 1.37. The predicted octanol–water partition coefficient (Wildman–Crippen LogP) is -0.151. The average molecular weight is 198 g/mol. The number of anilines is 1. The zero-order chi connectivity index (χ0) is 10.1. The number of carbonyl (C=O) groups is 1. The molecule has 0 saturated carbocycles. The van der Waals surface area contributed by atoms with Crippen molar-refractivity contribution in [2.45, 2.75) is 18.9 Å². The van der Waals surface area contributed by atoms with Gasteiger partial charge in [-0.3, -0.25) is 14.6 Å². The van der Waals surface area contributed by atoms with Gasteiger partial charge in [0.05, 0.1) is 6.04 Å². The topological polar surface area (TPSA) is 99.1 Å². The molecule has 14 heavy (non-hydrogen) atoms. The Kier molecular flexibility index (Phi) is 2.20. The number of H-pyrrole nitrogens is 1. The molecular formula is C8H14N4O2. The quantitative estimate of drug-likeness (QED) is 0.616. The van der Waals surface area contributed by atoms with Gasteiger partial charge in [0.1, 0.15) is 5.82 Å². The van der Waals surface area contributed by atoms with E-state index in [4.69, 9.17) is 16.2 Å². The minimum Gasteiger partial charge on any atom is -0.382 e. The lowest BCUT2D eigenvalue weighted by Crippen LogP contribution is -2.32. The highest BCUT2D eigenvalue weighted by atomic mass is 16.5. The van der Waals surface area contributed by atoms with E-state index < -0.39 is 5.91 Å². The van der Waals surface area contributed by atoms with E-state index in [9.17, 15) is 4.79 Å². The Morgan fingerprint density at radius 1 is 1.50 bits per heavy atom. The molecule has 1 aliphatic heterocycles. The fraction of sp³-hybridized carbons (Fsp3) is 0.625. The first-order valence-electron chi connectivity index (χ1n) is 4.63. The summed E-state index contributed by atoms with van der Waals surface area (Å²) in [5, 5.41) is 2.86. The number of primary amides is 1. The Balaban J connectivity index is 2.10. The van der Waals surface area contributed by atoms with Gasteiger partial charge >= 0.3 is 0 Å². The summed E-state index contributed by atoms with van der Waals surface area (Å²) >= 11 is 0. The number of carbonyl (C=O) groups excluding carboxylic acids is 1. The summed E-state index contributed by atoms with van der Waals surface area (Å²) in [6.45, 7) is 1.48. The minimum atomic E-state index is -0.509. The van der Waals surface area contributed by atoms with E-state index in [2.05, 4.69) is 5.10 Å². The van der Waals surface area contributed by atoms with Crippen LogP contribution in [0.15, 0.2) is 0 Å². The maximum absolute atomic E-state index is 10.8. The van der Waals surface area contributed by atoms with E-state index in [1.165, 1.54) is 0 Å². The van der Waals surface area contributed by atoms with Crippen LogP contribution >= 0.6 is 0 Å². The summed E-state index contributed by atoms with van der Waals surface area (Å²) in [4.78, 5) is 10.8. The van der Waals surface area contributed by atoms with Crippen molar-refractivity contribution in [3.63, 3.8) is 0 Å². The lowest BCUT2D eigenvalue weighted by molar-refractivity contribution is 0.0646. The summed E-state index contributed by atoms with van der Waals surface area (Å²) in [6, 6.07) is 0.312. The Bertz CT molecular complexity index is 335. The molecule has 1 amide bonds. The first-order valence-corrected chi connectivity index (χ1v) is 4.63. The summed E-state index contributed by atoms with van der Waals surface area (Å²) in [5.41, 5.74) is 11.1. The zero-order valence-corrected chi connectivity index (χ0v) is 7.82. The number of aromatic nitrogens is 2. The number of rotatable bonds is 2. The van der Waals surface area contributed by atoms with Crippen LogP contribution < -0.4 is 11.5 Å². The Hall–Kier alpha value is -1.43. The zero-order valence-electron chi connectivity index (χ0n) is 7.82. The van der Waals surface area contributed by atoms with Crippen molar-refractivity contribution in [3.05, 3.63) is 5.69 Å². The summed E-state index contributed by atoms with van der Waals surface area (Å²) in [5.74, 6) is -0.0600. The van der Waals surface area contributed by atoms with E-state index in [0.717, 1.165) is 26.1 Å². The molecule has 0 aromatic carbocycles. The molecule has 2 rings (SSSR count). The fourth-order valence-electron chi connectivity index (χ4n) is 1.72. The highest BCUT2D eigenvalue weighted by Gasteiger charge is 2.23. The molecule has 0 atom stereocenters. The summed E-state index contributed by atoms with van der Waals surface area (Å²) < 4.78 is 7.02.